The van der Waals surface area contributed by atoms with E-state index in [1.807, 2.05) is 51.3 Å². The molecule has 0 spiro atoms. The van der Waals surface area contributed by atoms with Gasteiger partial charge in [0, 0.05) is 62.8 Å². The van der Waals surface area contributed by atoms with E-state index in [2.05, 4.69) is 22.0 Å². The van der Waals surface area contributed by atoms with Crippen molar-refractivity contribution in [1.82, 2.24) is 4.98 Å². The van der Waals surface area contributed by atoms with Crippen molar-refractivity contribution in [1.29, 1.82) is 0 Å². The van der Waals surface area contributed by atoms with E-state index in [4.69, 9.17) is 0 Å². The lowest BCUT2D eigenvalue weighted by Gasteiger charge is -2.24. The van der Waals surface area contributed by atoms with Gasteiger partial charge in [0.2, 0.25) is 0 Å². The van der Waals surface area contributed by atoms with Crippen LogP contribution >= 0.6 is 0 Å². The van der Waals surface area contributed by atoms with E-state index < -0.39 is 0 Å². The molecule has 0 unspecified atom stereocenters. The van der Waals surface area contributed by atoms with E-state index >= 15 is 0 Å². The number of fused-ring (bicyclic) bond motifs is 1. The Morgan fingerprint density at radius 3 is 2.33 bits per heavy atom. The first-order chi connectivity index (χ1) is 11.5. The lowest BCUT2D eigenvalue weighted by molar-refractivity contribution is 0.103. The summed E-state index contributed by atoms with van der Waals surface area (Å²) in [5.74, 6) is -0.0118. The first-order valence-corrected chi connectivity index (χ1v) is 7.86. The zero-order chi connectivity index (χ0) is 17.3. The first kappa shape index (κ1) is 16.0. The van der Waals surface area contributed by atoms with Crippen LogP contribution in [0.25, 0.3) is 10.8 Å². The van der Waals surface area contributed by atoms with Crippen LogP contribution in [0.3, 0.4) is 0 Å². The molecule has 0 bridgehead atoms. The van der Waals surface area contributed by atoms with Gasteiger partial charge in [-0.15, -0.1) is 0 Å². The minimum absolute atomic E-state index is 0.0118. The molecule has 4 nitrogen and oxygen atoms in total. The Hall–Kier alpha value is -2.88. The molecule has 0 saturated heterocycles. The second-order valence-corrected chi connectivity index (χ2v) is 6.20. The molecule has 0 saturated carbocycles. The highest BCUT2D eigenvalue weighted by atomic mass is 16.1. The van der Waals surface area contributed by atoms with Gasteiger partial charge in [0.15, 0.2) is 5.78 Å². The van der Waals surface area contributed by atoms with Gasteiger partial charge in [0.1, 0.15) is 0 Å². The van der Waals surface area contributed by atoms with Gasteiger partial charge in [-0.05, 0) is 29.7 Å². The number of nitrogens with zero attached hydrogens (tertiary/aromatic N) is 3. The number of rotatable bonds is 4. The Morgan fingerprint density at radius 1 is 0.917 bits per heavy atom. The monoisotopic (exact) mass is 319 g/mol. The average molecular weight is 319 g/mol. The molecule has 24 heavy (non-hydrogen) atoms. The summed E-state index contributed by atoms with van der Waals surface area (Å²) in [5.41, 5.74) is 3.32. The number of carbonyl (C=O) groups is 1. The predicted octanol–water partition coefficient (Wildman–Crippen LogP) is 3.60. The molecule has 0 fully saturated rings. The van der Waals surface area contributed by atoms with Crippen LogP contribution in [0.2, 0.25) is 0 Å². The minimum Gasteiger partial charge on any atom is -0.377 e. The van der Waals surface area contributed by atoms with Gasteiger partial charge in [-0.1, -0.05) is 18.2 Å². The third-order valence-corrected chi connectivity index (χ3v) is 4.09. The topological polar surface area (TPSA) is 36.4 Å². The quantitative estimate of drug-likeness (QED) is 0.689. The molecule has 3 rings (SSSR count). The highest BCUT2D eigenvalue weighted by Crippen LogP contribution is 2.37. The number of ketones is 1. The Morgan fingerprint density at radius 2 is 1.71 bits per heavy atom. The summed E-state index contributed by atoms with van der Waals surface area (Å²) < 4.78 is 0. The fourth-order valence-electron chi connectivity index (χ4n) is 3.01. The molecular weight excluding hydrogens is 298 g/mol. The number of hydrogen-bond donors (Lipinski definition) is 0. The maximum Gasteiger partial charge on any atom is 0.196 e. The Bertz CT molecular complexity index is 886. The van der Waals surface area contributed by atoms with Gasteiger partial charge in [-0.2, -0.15) is 0 Å². The van der Waals surface area contributed by atoms with Gasteiger partial charge in [0.25, 0.3) is 0 Å². The SMILES string of the molecule is CN(C)c1cccc2ccc(C(=O)c3cccnc3)c(N(C)C)c12. The molecule has 1 aromatic heterocycles. The lowest BCUT2D eigenvalue weighted by atomic mass is 9.96. The van der Waals surface area contributed by atoms with E-state index in [9.17, 15) is 4.79 Å². The molecule has 0 N–H and O–H groups in total. The minimum atomic E-state index is -0.0118. The molecule has 4 heteroatoms. The number of carbonyl (C=O) groups excluding carboxylic acids is 1. The van der Waals surface area contributed by atoms with Crippen molar-refractivity contribution in [3.05, 3.63) is 66.0 Å². The third-order valence-electron chi connectivity index (χ3n) is 4.09. The Labute approximate surface area is 142 Å². The van der Waals surface area contributed by atoms with Crippen molar-refractivity contribution in [2.24, 2.45) is 0 Å². The maximum atomic E-state index is 13.0. The molecule has 3 aromatic rings. The smallest absolute Gasteiger partial charge is 0.196 e. The fourth-order valence-corrected chi connectivity index (χ4v) is 3.01. The normalized spacial score (nSPS) is 10.7. The molecule has 2 aromatic carbocycles. The third kappa shape index (κ3) is 2.71. The summed E-state index contributed by atoms with van der Waals surface area (Å²) in [4.78, 5) is 21.2. The molecule has 1 heterocycles. The van der Waals surface area contributed by atoms with Crippen molar-refractivity contribution in [3.8, 4) is 0 Å². The van der Waals surface area contributed by atoms with E-state index in [0.717, 1.165) is 22.1 Å². The predicted molar refractivity (Wildman–Crippen MR) is 100 cm³/mol. The standard InChI is InChI=1S/C20H21N3O/c1-22(2)17-9-5-7-14-10-11-16(19(18(14)17)23(3)4)20(24)15-8-6-12-21-13-15/h5-13H,1-4H3. The summed E-state index contributed by atoms with van der Waals surface area (Å²) in [5, 5.41) is 2.20. The lowest BCUT2D eigenvalue weighted by Crippen LogP contribution is -2.17. The van der Waals surface area contributed by atoms with Gasteiger partial charge in [0.05, 0.1) is 5.69 Å². The molecule has 0 amide bonds. The summed E-state index contributed by atoms with van der Waals surface area (Å²) in [6, 6.07) is 13.7. The molecule has 0 aliphatic carbocycles. The molecule has 122 valence electrons. The van der Waals surface area contributed by atoms with Crippen molar-refractivity contribution >= 4 is 27.9 Å². The van der Waals surface area contributed by atoms with Gasteiger partial charge in [-0.25, -0.2) is 0 Å². The van der Waals surface area contributed by atoms with E-state index in [1.165, 1.54) is 0 Å². The van der Waals surface area contributed by atoms with Gasteiger partial charge >= 0.3 is 0 Å². The van der Waals surface area contributed by atoms with Crippen LogP contribution in [0, 0.1) is 0 Å². The maximum absolute atomic E-state index is 13.0. The van der Waals surface area contributed by atoms with Crippen molar-refractivity contribution in [2.45, 2.75) is 0 Å². The first-order valence-electron chi connectivity index (χ1n) is 7.86. The van der Waals surface area contributed by atoms with Gasteiger partial charge < -0.3 is 9.80 Å². The number of aromatic nitrogens is 1. The van der Waals surface area contributed by atoms with Crippen LogP contribution < -0.4 is 9.80 Å². The zero-order valence-corrected chi connectivity index (χ0v) is 14.4. The summed E-state index contributed by atoms with van der Waals surface area (Å²) >= 11 is 0. The van der Waals surface area contributed by atoms with Crippen LogP contribution in [0.4, 0.5) is 11.4 Å². The highest BCUT2D eigenvalue weighted by molar-refractivity contribution is 6.18. The van der Waals surface area contributed by atoms with Gasteiger partial charge in [-0.3, -0.25) is 9.78 Å². The molecule has 0 aliphatic rings. The summed E-state index contributed by atoms with van der Waals surface area (Å²) in [6.07, 6.45) is 3.29. The zero-order valence-electron chi connectivity index (χ0n) is 14.4. The second-order valence-electron chi connectivity index (χ2n) is 6.20. The highest BCUT2D eigenvalue weighted by Gasteiger charge is 2.20. The van der Waals surface area contributed by atoms with Crippen LogP contribution in [0.5, 0.6) is 0 Å². The number of pyridine rings is 1. The second kappa shape index (κ2) is 6.32. The number of anilines is 2. The van der Waals surface area contributed by atoms with E-state index in [1.54, 1.807) is 24.5 Å². The largest absolute Gasteiger partial charge is 0.377 e. The van der Waals surface area contributed by atoms with Crippen LogP contribution in [-0.4, -0.2) is 39.0 Å². The van der Waals surface area contributed by atoms with Crippen LogP contribution in [0.15, 0.2) is 54.9 Å². The number of hydrogen-bond acceptors (Lipinski definition) is 4. The number of benzene rings is 2. The summed E-state index contributed by atoms with van der Waals surface area (Å²) in [6.45, 7) is 0. The molecular formula is C20H21N3O. The molecule has 0 radical (unpaired) electrons. The van der Waals surface area contributed by atoms with Crippen LogP contribution in [-0.2, 0) is 0 Å². The Kier molecular flexibility index (Phi) is 4.21. The van der Waals surface area contributed by atoms with Crippen molar-refractivity contribution < 1.29 is 4.79 Å². The molecule has 0 atom stereocenters. The summed E-state index contributed by atoms with van der Waals surface area (Å²) in [7, 11) is 7.98. The fraction of sp³-hybridized carbons (Fsp3) is 0.200. The van der Waals surface area contributed by atoms with Crippen molar-refractivity contribution in [2.75, 3.05) is 38.0 Å². The van der Waals surface area contributed by atoms with Crippen molar-refractivity contribution in [3.63, 3.8) is 0 Å². The Balaban J connectivity index is 2.32. The van der Waals surface area contributed by atoms with Crippen LogP contribution in [0.1, 0.15) is 15.9 Å². The molecule has 0 aliphatic heterocycles. The average Bonchev–Trinajstić information content (AvgIpc) is 2.60. The van der Waals surface area contributed by atoms with E-state index in [0.29, 0.717) is 11.1 Å². The van der Waals surface area contributed by atoms with E-state index in [-0.39, 0.29) is 5.78 Å².